The summed E-state index contributed by atoms with van der Waals surface area (Å²) in [5, 5.41) is 23.6. The van der Waals surface area contributed by atoms with Gasteiger partial charge in [-0.2, -0.15) is 0 Å². The Morgan fingerprint density at radius 2 is 1.81 bits per heavy atom. The number of carboxylic acid groups (broad SMARTS) is 1. The minimum Gasteiger partial charge on any atom is -0.508 e. The van der Waals surface area contributed by atoms with E-state index in [2.05, 4.69) is 10.6 Å². The number of carbonyl (C=O) groups excluding carboxylic acids is 1. The van der Waals surface area contributed by atoms with Gasteiger partial charge in [0.2, 0.25) is 0 Å². The average Bonchev–Trinajstić information content (AvgIpc) is 2.39. The smallest absolute Gasteiger partial charge is 0.326 e. The Balaban J connectivity index is 2.68. The van der Waals surface area contributed by atoms with Crippen molar-refractivity contribution in [3.63, 3.8) is 0 Å². The third-order valence-electron chi connectivity index (χ3n) is 3.32. The highest BCUT2D eigenvalue weighted by Gasteiger charge is 2.23. The number of aliphatic carboxylic acids is 1. The molecule has 6 nitrogen and oxygen atoms in total. The molecule has 0 bridgehead atoms. The molecule has 21 heavy (non-hydrogen) atoms. The van der Waals surface area contributed by atoms with Crippen molar-refractivity contribution in [3.8, 4) is 5.75 Å². The third-order valence-corrected chi connectivity index (χ3v) is 3.32. The third kappa shape index (κ3) is 5.72. The van der Waals surface area contributed by atoms with E-state index < -0.39 is 23.6 Å². The lowest BCUT2D eigenvalue weighted by Crippen LogP contribution is -2.53. The number of benzene rings is 1. The van der Waals surface area contributed by atoms with Gasteiger partial charge in [0.05, 0.1) is 0 Å². The van der Waals surface area contributed by atoms with Crippen LogP contribution in [0.3, 0.4) is 0 Å². The molecule has 1 rings (SSSR count). The quantitative estimate of drug-likeness (QED) is 0.643. The molecule has 0 saturated carbocycles. The van der Waals surface area contributed by atoms with E-state index in [0.717, 1.165) is 12.0 Å². The normalized spacial score (nSPS) is 12.5. The number of urea groups is 1. The fourth-order valence-corrected chi connectivity index (χ4v) is 1.66. The second kappa shape index (κ2) is 6.97. The van der Waals surface area contributed by atoms with Gasteiger partial charge >= 0.3 is 12.0 Å². The van der Waals surface area contributed by atoms with Gasteiger partial charge in [-0.15, -0.1) is 0 Å². The van der Waals surface area contributed by atoms with Crippen LogP contribution in [0.15, 0.2) is 24.3 Å². The molecule has 1 aromatic rings. The highest BCUT2D eigenvalue weighted by Crippen LogP contribution is 2.12. The van der Waals surface area contributed by atoms with E-state index in [4.69, 9.17) is 0 Å². The number of aromatic hydroxyl groups is 1. The molecule has 1 aromatic carbocycles. The molecule has 4 N–H and O–H groups in total. The number of phenolic OH excluding ortho intramolecular Hbond substituents is 1. The van der Waals surface area contributed by atoms with Gasteiger partial charge < -0.3 is 20.8 Å². The van der Waals surface area contributed by atoms with Crippen LogP contribution < -0.4 is 10.6 Å². The van der Waals surface area contributed by atoms with Crippen molar-refractivity contribution < 1.29 is 19.8 Å². The van der Waals surface area contributed by atoms with Gasteiger partial charge in [-0.1, -0.05) is 19.1 Å². The van der Waals surface area contributed by atoms with Gasteiger partial charge in [0.25, 0.3) is 0 Å². The van der Waals surface area contributed by atoms with E-state index >= 15 is 0 Å². The first kappa shape index (κ1) is 16.8. The van der Waals surface area contributed by atoms with Gasteiger partial charge in [-0.25, -0.2) is 9.59 Å². The maximum atomic E-state index is 11.9. The molecule has 0 aromatic heterocycles. The van der Waals surface area contributed by atoms with Crippen molar-refractivity contribution in [3.05, 3.63) is 29.8 Å². The molecule has 2 amide bonds. The molecular formula is C15H22N2O4. The van der Waals surface area contributed by atoms with Crippen LogP contribution in [-0.4, -0.2) is 33.8 Å². The molecule has 1 atom stereocenters. The largest absolute Gasteiger partial charge is 0.508 e. The number of carbonyl (C=O) groups is 2. The van der Waals surface area contributed by atoms with Crippen molar-refractivity contribution in [1.82, 2.24) is 10.6 Å². The predicted molar refractivity (Wildman–Crippen MR) is 79.3 cm³/mol. The first-order valence-corrected chi connectivity index (χ1v) is 6.83. The Labute approximate surface area is 124 Å². The molecule has 0 heterocycles. The summed E-state index contributed by atoms with van der Waals surface area (Å²) in [5.74, 6) is -0.992. The van der Waals surface area contributed by atoms with Crippen LogP contribution in [0.1, 0.15) is 32.8 Å². The molecule has 0 spiro atoms. The van der Waals surface area contributed by atoms with Crippen molar-refractivity contribution in [2.24, 2.45) is 0 Å². The molecule has 0 saturated heterocycles. The zero-order valence-electron chi connectivity index (χ0n) is 12.5. The topological polar surface area (TPSA) is 98.7 Å². The summed E-state index contributed by atoms with van der Waals surface area (Å²) >= 11 is 0. The van der Waals surface area contributed by atoms with Gasteiger partial charge in [0, 0.05) is 12.0 Å². The molecule has 6 heteroatoms. The lowest BCUT2D eigenvalue weighted by atomic mass is 10.0. The second-order valence-corrected chi connectivity index (χ2v) is 5.60. The molecule has 0 aliphatic carbocycles. The average molecular weight is 294 g/mol. The van der Waals surface area contributed by atoms with Crippen molar-refractivity contribution in [2.75, 3.05) is 0 Å². The molecule has 0 aliphatic rings. The maximum Gasteiger partial charge on any atom is 0.326 e. The van der Waals surface area contributed by atoms with Crippen LogP contribution in [0, 0.1) is 0 Å². The highest BCUT2D eigenvalue weighted by atomic mass is 16.4. The van der Waals surface area contributed by atoms with Gasteiger partial charge in [0.15, 0.2) is 0 Å². The van der Waals surface area contributed by atoms with Crippen molar-refractivity contribution in [2.45, 2.75) is 45.2 Å². The number of nitrogens with one attached hydrogen (secondary N) is 2. The number of carboxylic acids is 1. The van der Waals surface area contributed by atoms with Crippen molar-refractivity contribution >= 4 is 12.0 Å². The number of rotatable bonds is 6. The van der Waals surface area contributed by atoms with Crippen LogP contribution in [0.4, 0.5) is 4.79 Å². The van der Waals surface area contributed by atoms with Gasteiger partial charge in [0.1, 0.15) is 11.8 Å². The summed E-state index contributed by atoms with van der Waals surface area (Å²) in [6.07, 6.45) is 0.881. The van der Waals surface area contributed by atoms with E-state index in [1.165, 1.54) is 12.1 Å². The Morgan fingerprint density at radius 3 is 2.29 bits per heavy atom. The highest BCUT2D eigenvalue weighted by molar-refractivity contribution is 5.83. The lowest BCUT2D eigenvalue weighted by molar-refractivity contribution is -0.139. The Hall–Kier alpha value is -2.24. The van der Waals surface area contributed by atoms with E-state index in [0.29, 0.717) is 0 Å². The van der Waals surface area contributed by atoms with E-state index in [1.807, 2.05) is 20.8 Å². The number of hydrogen-bond acceptors (Lipinski definition) is 3. The first-order valence-electron chi connectivity index (χ1n) is 6.83. The summed E-state index contributed by atoms with van der Waals surface area (Å²) in [6.45, 7) is 5.66. The predicted octanol–water partition coefficient (Wildman–Crippen LogP) is 1.88. The van der Waals surface area contributed by atoms with Crippen molar-refractivity contribution in [1.29, 1.82) is 0 Å². The van der Waals surface area contributed by atoms with Gasteiger partial charge in [-0.05, 0) is 38.0 Å². The fraction of sp³-hybridized carbons (Fsp3) is 0.467. The number of amides is 2. The monoisotopic (exact) mass is 294 g/mol. The number of phenols is 1. The lowest BCUT2D eigenvalue weighted by Gasteiger charge is -2.26. The maximum absolute atomic E-state index is 11.9. The standard InChI is InChI=1S/C15H22N2O4/c1-4-15(2,3)17-14(21)16-12(13(19)20)9-10-5-7-11(18)8-6-10/h5-8,12,18H,4,9H2,1-3H3,(H,19,20)(H2,16,17,21). The molecular weight excluding hydrogens is 272 g/mol. The molecule has 0 radical (unpaired) electrons. The Bertz CT molecular complexity index is 497. The number of hydrogen-bond donors (Lipinski definition) is 4. The second-order valence-electron chi connectivity index (χ2n) is 5.60. The minimum absolute atomic E-state index is 0.112. The van der Waals surface area contributed by atoms with Crippen LogP contribution >= 0.6 is 0 Å². The first-order chi connectivity index (χ1) is 9.73. The zero-order chi connectivity index (χ0) is 16.0. The minimum atomic E-state index is -1.10. The molecule has 116 valence electrons. The summed E-state index contributed by atoms with van der Waals surface area (Å²) in [5.41, 5.74) is 0.321. The zero-order valence-corrected chi connectivity index (χ0v) is 12.5. The fourth-order valence-electron chi connectivity index (χ4n) is 1.66. The molecule has 1 unspecified atom stereocenters. The Kier molecular flexibility index (Phi) is 5.58. The van der Waals surface area contributed by atoms with Crippen LogP contribution in [0.5, 0.6) is 5.75 Å². The Morgan fingerprint density at radius 1 is 1.24 bits per heavy atom. The summed E-state index contributed by atoms with van der Waals surface area (Å²) in [7, 11) is 0. The summed E-state index contributed by atoms with van der Waals surface area (Å²) < 4.78 is 0. The summed E-state index contributed by atoms with van der Waals surface area (Å²) in [4.78, 5) is 23.1. The molecule has 0 fully saturated rings. The van der Waals surface area contributed by atoms with Gasteiger partial charge in [-0.3, -0.25) is 0 Å². The molecule has 0 aliphatic heterocycles. The van der Waals surface area contributed by atoms with E-state index in [9.17, 15) is 19.8 Å². The SMILES string of the molecule is CCC(C)(C)NC(=O)NC(Cc1ccc(O)cc1)C(=O)O. The van der Waals surface area contributed by atoms with E-state index in [1.54, 1.807) is 12.1 Å². The summed E-state index contributed by atoms with van der Waals surface area (Å²) in [6, 6.07) is 4.68. The van der Waals surface area contributed by atoms with Crippen LogP contribution in [-0.2, 0) is 11.2 Å². The van der Waals surface area contributed by atoms with Crippen LogP contribution in [0.2, 0.25) is 0 Å². The van der Waals surface area contributed by atoms with Crippen LogP contribution in [0.25, 0.3) is 0 Å². The van der Waals surface area contributed by atoms with E-state index in [-0.39, 0.29) is 12.2 Å².